The van der Waals surface area contributed by atoms with Crippen LogP contribution >= 0.6 is 0 Å². The predicted molar refractivity (Wildman–Crippen MR) is 107 cm³/mol. The summed E-state index contributed by atoms with van der Waals surface area (Å²) in [6.45, 7) is 5.27. The van der Waals surface area contributed by atoms with E-state index in [2.05, 4.69) is 43.5 Å². The van der Waals surface area contributed by atoms with Crippen LogP contribution in [0, 0.1) is 0 Å². The molecule has 0 saturated heterocycles. The van der Waals surface area contributed by atoms with Crippen LogP contribution in [0.5, 0.6) is 0 Å². The first-order valence-electron chi connectivity index (χ1n) is 10.4. The number of carbonyl (C=O) groups excluding carboxylic acids is 1. The molecule has 0 aromatic rings. The molecule has 0 rings (SSSR count). The van der Waals surface area contributed by atoms with Crippen LogP contribution in [0.15, 0.2) is 24.3 Å². The van der Waals surface area contributed by atoms with Gasteiger partial charge in [0.1, 0.15) is 0 Å². The Hall–Kier alpha value is -1.05. The van der Waals surface area contributed by atoms with Crippen LogP contribution in [0.25, 0.3) is 0 Å². The van der Waals surface area contributed by atoms with E-state index < -0.39 is 0 Å². The molecule has 0 atom stereocenters. The quantitative estimate of drug-likeness (QED) is 0.232. The number of hydrogen-bond donors (Lipinski definition) is 1. The largest absolute Gasteiger partial charge is 0.356 e. The Kier molecular flexibility index (Phi) is 19.1. The van der Waals surface area contributed by atoms with Gasteiger partial charge in [-0.2, -0.15) is 0 Å². The number of allylic oxidation sites excluding steroid dienone is 4. The van der Waals surface area contributed by atoms with E-state index in [9.17, 15) is 4.79 Å². The Morgan fingerprint density at radius 2 is 1.33 bits per heavy atom. The van der Waals surface area contributed by atoms with Crippen molar-refractivity contribution in [2.24, 2.45) is 0 Å². The Bertz CT molecular complexity index is 320. The molecule has 24 heavy (non-hydrogen) atoms. The van der Waals surface area contributed by atoms with E-state index in [-0.39, 0.29) is 5.91 Å². The maximum absolute atomic E-state index is 11.6. The lowest BCUT2D eigenvalue weighted by atomic mass is 10.1. The molecule has 0 aliphatic heterocycles. The highest BCUT2D eigenvalue weighted by atomic mass is 16.1. The van der Waals surface area contributed by atoms with Gasteiger partial charge in [-0.05, 0) is 38.5 Å². The van der Waals surface area contributed by atoms with Crippen LogP contribution in [-0.2, 0) is 4.79 Å². The maximum Gasteiger partial charge on any atom is 0.219 e. The van der Waals surface area contributed by atoms with Crippen molar-refractivity contribution in [2.75, 3.05) is 6.54 Å². The molecular formula is C22H41NO. The lowest BCUT2D eigenvalue weighted by Gasteiger charge is -2.04. The topological polar surface area (TPSA) is 29.1 Å². The first kappa shape index (κ1) is 22.9. The normalized spacial score (nSPS) is 11.6. The van der Waals surface area contributed by atoms with Gasteiger partial charge in [0.25, 0.3) is 0 Å². The molecule has 0 aliphatic carbocycles. The molecule has 2 heteroatoms. The number of hydrogen-bond acceptors (Lipinski definition) is 1. The van der Waals surface area contributed by atoms with Gasteiger partial charge >= 0.3 is 0 Å². The van der Waals surface area contributed by atoms with Gasteiger partial charge in [-0.25, -0.2) is 0 Å². The van der Waals surface area contributed by atoms with E-state index in [1.807, 2.05) is 0 Å². The second-order valence-electron chi connectivity index (χ2n) is 6.68. The summed E-state index contributed by atoms with van der Waals surface area (Å²) in [7, 11) is 0. The van der Waals surface area contributed by atoms with Gasteiger partial charge in [0, 0.05) is 13.0 Å². The van der Waals surface area contributed by atoms with Crippen LogP contribution < -0.4 is 5.32 Å². The Balaban J connectivity index is 3.24. The third kappa shape index (κ3) is 19.0. The second kappa shape index (κ2) is 20.0. The minimum Gasteiger partial charge on any atom is -0.356 e. The van der Waals surface area contributed by atoms with Gasteiger partial charge in [-0.15, -0.1) is 0 Å². The summed E-state index contributed by atoms with van der Waals surface area (Å²) >= 11 is 0. The summed E-state index contributed by atoms with van der Waals surface area (Å²) in [5.74, 6) is 0.237. The summed E-state index contributed by atoms with van der Waals surface area (Å²) in [5, 5.41) is 3.01. The van der Waals surface area contributed by atoms with Crippen molar-refractivity contribution in [1.82, 2.24) is 5.32 Å². The summed E-state index contributed by atoms with van der Waals surface area (Å²) in [4.78, 5) is 11.6. The van der Waals surface area contributed by atoms with Crippen molar-refractivity contribution >= 4 is 5.91 Å². The van der Waals surface area contributed by atoms with E-state index in [0.717, 1.165) is 25.8 Å². The molecule has 1 N–H and O–H groups in total. The molecule has 0 aromatic heterocycles. The summed E-state index contributed by atoms with van der Waals surface area (Å²) in [6.07, 6.45) is 25.5. The third-order valence-electron chi connectivity index (χ3n) is 4.21. The van der Waals surface area contributed by atoms with Crippen LogP contribution in [0.2, 0.25) is 0 Å². The zero-order valence-corrected chi connectivity index (χ0v) is 16.3. The molecule has 0 fully saturated rings. The average molecular weight is 336 g/mol. The molecule has 0 aromatic carbocycles. The van der Waals surface area contributed by atoms with Crippen molar-refractivity contribution in [1.29, 1.82) is 0 Å². The number of nitrogens with one attached hydrogen (secondary N) is 1. The van der Waals surface area contributed by atoms with Gasteiger partial charge in [-0.3, -0.25) is 4.79 Å². The fourth-order valence-corrected chi connectivity index (χ4v) is 2.60. The van der Waals surface area contributed by atoms with Gasteiger partial charge in [0.2, 0.25) is 5.91 Å². The van der Waals surface area contributed by atoms with E-state index in [1.54, 1.807) is 0 Å². The van der Waals surface area contributed by atoms with Crippen LogP contribution in [-0.4, -0.2) is 12.5 Å². The van der Waals surface area contributed by atoms with Crippen molar-refractivity contribution in [3.63, 3.8) is 0 Å². The van der Waals surface area contributed by atoms with Gasteiger partial charge < -0.3 is 5.32 Å². The molecule has 0 spiro atoms. The minimum atomic E-state index is 0.237. The average Bonchev–Trinajstić information content (AvgIpc) is 2.59. The van der Waals surface area contributed by atoms with Crippen molar-refractivity contribution in [3.05, 3.63) is 24.3 Å². The minimum absolute atomic E-state index is 0.237. The number of carbonyl (C=O) groups is 1. The lowest BCUT2D eigenvalue weighted by Crippen LogP contribution is -2.23. The standard InChI is InChI=1S/C22H41NO/c1-3-5-7-8-9-10-11-12-13-14-15-16-17-18-20-22(24)23-21-19-6-4-2/h8-9,11-12H,3-7,10,13-21H2,1-2H3,(H,23,24)/b9-8-,12-11-. The molecule has 0 saturated carbocycles. The monoisotopic (exact) mass is 335 g/mol. The fraction of sp³-hybridized carbons (Fsp3) is 0.773. The zero-order chi connectivity index (χ0) is 17.7. The lowest BCUT2D eigenvalue weighted by molar-refractivity contribution is -0.121. The Labute approximate surface area is 151 Å². The SMILES string of the molecule is CCCC/C=C\C/C=C\CCCCCCCC(=O)NCCCCC. The van der Waals surface area contributed by atoms with Crippen molar-refractivity contribution in [3.8, 4) is 0 Å². The molecule has 140 valence electrons. The molecular weight excluding hydrogens is 294 g/mol. The smallest absolute Gasteiger partial charge is 0.219 e. The zero-order valence-electron chi connectivity index (χ0n) is 16.3. The van der Waals surface area contributed by atoms with Gasteiger partial charge in [0.15, 0.2) is 0 Å². The van der Waals surface area contributed by atoms with E-state index in [1.165, 1.54) is 64.2 Å². The molecule has 0 unspecified atom stereocenters. The van der Waals surface area contributed by atoms with E-state index >= 15 is 0 Å². The fourth-order valence-electron chi connectivity index (χ4n) is 2.60. The second-order valence-corrected chi connectivity index (χ2v) is 6.68. The molecule has 1 amide bonds. The van der Waals surface area contributed by atoms with Crippen LogP contribution in [0.3, 0.4) is 0 Å². The van der Waals surface area contributed by atoms with Crippen LogP contribution in [0.4, 0.5) is 0 Å². The van der Waals surface area contributed by atoms with Crippen molar-refractivity contribution in [2.45, 2.75) is 104 Å². The highest BCUT2D eigenvalue weighted by Crippen LogP contribution is 2.08. The first-order valence-corrected chi connectivity index (χ1v) is 10.4. The summed E-state index contributed by atoms with van der Waals surface area (Å²) < 4.78 is 0. The Morgan fingerprint density at radius 3 is 2.04 bits per heavy atom. The highest BCUT2D eigenvalue weighted by Gasteiger charge is 1.99. The molecule has 0 aliphatic rings. The van der Waals surface area contributed by atoms with Gasteiger partial charge in [0.05, 0.1) is 0 Å². The van der Waals surface area contributed by atoms with E-state index in [4.69, 9.17) is 0 Å². The number of unbranched alkanes of at least 4 members (excludes halogenated alkanes) is 9. The van der Waals surface area contributed by atoms with Crippen molar-refractivity contribution < 1.29 is 4.79 Å². The number of amides is 1. The number of rotatable bonds is 17. The molecule has 2 nitrogen and oxygen atoms in total. The first-order chi connectivity index (χ1) is 11.8. The summed E-state index contributed by atoms with van der Waals surface area (Å²) in [5.41, 5.74) is 0. The van der Waals surface area contributed by atoms with E-state index in [0.29, 0.717) is 6.42 Å². The maximum atomic E-state index is 11.6. The highest BCUT2D eigenvalue weighted by molar-refractivity contribution is 5.75. The van der Waals surface area contributed by atoms with Crippen LogP contribution in [0.1, 0.15) is 104 Å². The summed E-state index contributed by atoms with van der Waals surface area (Å²) in [6, 6.07) is 0. The van der Waals surface area contributed by atoms with Gasteiger partial charge in [-0.1, -0.05) is 83.1 Å². The molecule has 0 bridgehead atoms. The molecule has 0 radical (unpaired) electrons. The Morgan fingerprint density at radius 1 is 0.708 bits per heavy atom. The predicted octanol–water partition coefficient (Wildman–Crippen LogP) is 6.72. The third-order valence-corrected chi connectivity index (χ3v) is 4.21. The molecule has 0 heterocycles.